The zero-order chi connectivity index (χ0) is 10.1. The predicted octanol–water partition coefficient (Wildman–Crippen LogP) is 1.79. The highest BCUT2D eigenvalue weighted by Gasteiger charge is 2.13. The van der Waals surface area contributed by atoms with Gasteiger partial charge in [-0.25, -0.2) is 0 Å². The third-order valence-corrected chi connectivity index (χ3v) is 1.84. The average molecular weight is 181 g/mol. The summed E-state index contributed by atoms with van der Waals surface area (Å²) >= 11 is 0. The van der Waals surface area contributed by atoms with E-state index in [2.05, 4.69) is 0 Å². The molecular weight excluding hydrogens is 168 g/mol. The molecule has 70 valence electrons. The molecule has 4 nitrogen and oxygen atoms in total. The molecule has 0 saturated carbocycles. The van der Waals surface area contributed by atoms with E-state index < -0.39 is 0 Å². The molecule has 1 rings (SSSR count). The second kappa shape index (κ2) is 3.14. The summed E-state index contributed by atoms with van der Waals surface area (Å²) in [5.41, 5.74) is 1.18. The fraction of sp³-hybridized carbons (Fsp3) is 0.333. The van der Waals surface area contributed by atoms with E-state index in [1.54, 1.807) is 12.1 Å². The van der Waals surface area contributed by atoms with Crippen molar-refractivity contribution >= 4 is 11.4 Å². The summed E-state index contributed by atoms with van der Waals surface area (Å²) < 4.78 is 0.665. The topological polar surface area (TPSA) is 43.1 Å². The molecule has 0 aliphatic heterocycles. The number of hydrogen-bond donors (Lipinski definition) is 0. The number of hydrogen-bond acceptors (Lipinski definition) is 2. The lowest BCUT2D eigenvalue weighted by Gasteiger charge is -2.22. The second-order valence-corrected chi connectivity index (χ2v) is 3.79. The number of rotatable bonds is 2. The lowest BCUT2D eigenvalue weighted by Crippen LogP contribution is -2.34. The molecule has 0 radical (unpaired) electrons. The largest absolute Gasteiger partial charge is 0.298 e. The van der Waals surface area contributed by atoms with Crippen LogP contribution in [0.2, 0.25) is 0 Å². The van der Waals surface area contributed by atoms with Gasteiger partial charge in [-0.15, -0.1) is 0 Å². The van der Waals surface area contributed by atoms with Crippen LogP contribution < -0.4 is 4.48 Å². The summed E-state index contributed by atoms with van der Waals surface area (Å²) in [6, 6.07) is 6.61. The van der Waals surface area contributed by atoms with Crippen LogP contribution in [0.1, 0.15) is 0 Å². The van der Waals surface area contributed by atoms with Crippen LogP contribution in [0.4, 0.5) is 11.4 Å². The molecule has 0 bridgehead atoms. The van der Waals surface area contributed by atoms with Gasteiger partial charge in [0.2, 0.25) is 0 Å². The summed E-state index contributed by atoms with van der Waals surface area (Å²) in [4.78, 5) is 9.97. The van der Waals surface area contributed by atoms with Gasteiger partial charge in [-0.2, -0.15) is 0 Å². The molecule has 0 atom stereocenters. The first-order valence-electron chi connectivity index (χ1n) is 3.98. The van der Waals surface area contributed by atoms with Crippen LogP contribution in [-0.4, -0.2) is 26.1 Å². The monoisotopic (exact) mass is 181 g/mol. The molecule has 4 heteroatoms. The van der Waals surface area contributed by atoms with Gasteiger partial charge in [0.15, 0.2) is 0 Å². The minimum absolute atomic E-state index is 0.136. The van der Waals surface area contributed by atoms with Crippen LogP contribution in [0.3, 0.4) is 0 Å². The van der Waals surface area contributed by atoms with Gasteiger partial charge in [0.25, 0.3) is 5.69 Å². The summed E-state index contributed by atoms with van der Waals surface area (Å²) in [5, 5.41) is 10.4. The summed E-state index contributed by atoms with van der Waals surface area (Å²) in [6.07, 6.45) is 0. The number of nitrogens with zero attached hydrogens (tertiary/aromatic N) is 2. The van der Waals surface area contributed by atoms with Crippen LogP contribution in [0, 0.1) is 10.1 Å². The minimum atomic E-state index is -0.389. The maximum absolute atomic E-state index is 10.4. The van der Waals surface area contributed by atoms with Gasteiger partial charge in [-0.3, -0.25) is 14.6 Å². The highest BCUT2D eigenvalue weighted by Crippen LogP contribution is 2.20. The molecule has 0 aliphatic rings. The van der Waals surface area contributed by atoms with Crippen molar-refractivity contribution in [3.05, 3.63) is 34.4 Å². The Balaban J connectivity index is 3.01. The van der Waals surface area contributed by atoms with Gasteiger partial charge in [0.05, 0.1) is 26.1 Å². The molecule has 0 heterocycles. The molecule has 0 N–H and O–H groups in total. The van der Waals surface area contributed by atoms with Crippen molar-refractivity contribution in [3.63, 3.8) is 0 Å². The van der Waals surface area contributed by atoms with Gasteiger partial charge < -0.3 is 0 Å². The van der Waals surface area contributed by atoms with Crippen molar-refractivity contribution < 1.29 is 4.92 Å². The summed E-state index contributed by atoms with van der Waals surface area (Å²) in [5.74, 6) is 0. The second-order valence-electron chi connectivity index (χ2n) is 3.79. The molecule has 0 unspecified atom stereocenters. The van der Waals surface area contributed by atoms with Crippen LogP contribution in [0.5, 0.6) is 0 Å². The molecular formula is C9H13N2O2+. The predicted molar refractivity (Wildman–Crippen MR) is 52.7 cm³/mol. The average Bonchev–Trinajstić information content (AvgIpc) is 2.03. The molecule has 1 aromatic carbocycles. The third-order valence-electron chi connectivity index (χ3n) is 1.84. The number of nitro benzene ring substituents is 1. The van der Waals surface area contributed by atoms with E-state index in [0.29, 0.717) is 4.48 Å². The smallest absolute Gasteiger partial charge is 0.269 e. The Morgan fingerprint density at radius 2 is 1.62 bits per heavy atom. The first-order valence-corrected chi connectivity index (χ1v) is 3.98. The minimum Gasteiger partial charge on any atom is -0.298 e. The number of nitro groups is 1. The van der Waals surface area contributed by atoms with Crippen molar-refractivity contribution in [2.45, 2.75) is 0 Å². The number of benzene rings is 1. The molecule has 0 amide bonds. The highest BCUT2D eigenvalue weighted by molar-refractivity contribution is 5.46. The summed E-state index contributed by atoms with van der Waals surface area (Å²) in [7, 11) is 6.05. The number of quaternary nitrogens is 1. The number of non-ortho nitro benzene ring substituents is 1. The van der Waals surface area contributed by atoms with Crippen LogP contribution in [-0.2, 0) is 0 Å². The van der Waals surface area contributed by atoms with E-state index in [0.717, 1.165) is 5.69 Å². The lowest BCUT2D eigenvalue weighted by molar-refractivity contribution is -0.384. The van der Waals surface area contributed by atoms with Crippen molar-refractivity contribution in [1.29, 1.82) is 0 Å². The van der Waals surface area contributed by atoms with Crippen LogP contribution in [0.15, 0.2) is 24.3 Å². The quantitative estimate of drug-likeness (QED) is 0.396. The Morgan fingerprint density at radius 1 is 1.15 bits per heavy atom. The molecule has 0 spiro atoms. The highest BCUT2D eigenvalue weighted by atomic mass is 16.6. The fourth-order valence-electron chi connectivity index (χ4n) is 1.02. The van der Waals surface area contributed by atoms with Crippen LogP contribution in [0.25, 0.3) is 0 Å². The zero-order valence-corrected chi connectivity index (χ0v) is 8.02. The van der Waals surface area contributed by atoms with Crippen molar-refractivity contribution in [3.8, 4) is 0 Å². The van der Waals surface area contributed by atoms with E-state index in [4.69, 9.17) is 0 Å². The molecule has 0 saturated heterocycles. The third kappa shape index (κ3) is 2.26. The van der Waals surface area contributed by atoms with Crippen LogP contribution >= 0.6 is 0 Å². The maximum atomic E-state index is 10.4. The Morgan fingerprint density at radius 3 is 1.92 bits per heavy atom. The molecule has 0 fully saturated rings. The van der Waals surface area contributed by atoms with E-state index in [1.165, 1.54) is 12.1 Å². The Labute approximate surface area is 77.1 Å². The Kier molecular flexibility index (Phi) is 2.34. The molecule has 0 aromatic heterocycles. The zero-order valence-electron chi connectivity index (χ0n) is 8.02. The molecule has 13 heavy (non-hydrogen) atoms. The van der Waals surface area contributed by atoms with Gasteiger partial charge in [0, 0.05) is 24.3 Å². The maximum Gasteiger partial charge on any atom is 0.269 e. The Bertz CT molecular complexity index is 311. The SMILES string of the molecule is C[N+](C)(C)c1ccc([N+](=O)[O-])cc1. The molecule has 0 aliphatic carbocycles. The van der Waals surface area contributed by atoms with E-state index in [1.807, 2.05) is 21.1 Å². The standard InChI is InChI=1S/C9H13N2O2/c1-11(2,3)9-6-4-8(5-7-9)10(12)13/h4-7H,1-3H3/q+1. The fourth-order valence-corrected chi connectivity index (χ4v) is 1.02. The van der Waals surface area contributed by atoms with Gasteiger partial charge in [0.1, 0.15) is 5.69 Å². The van der Waals surface area contributed by atoms with Gasteiger partial charge in [-0.1, -0.05) is 0 Å². The van der Waals surface area contributed by atoms with Crippen molar-refractivity contribution in [2.24, 2.45) is 0 Å². The normalized spacial score (nSPS) is 11.3. The lowest BCUT2D eigenvalue weighted by atomic mass is 10.2. The Hall–Kier alpha value is -1.42. The first kappa shape index (κ1) is 9.67. The van der Waals surface area contributed by atoms with E-state index >= 15 is 0 Å². The van der Waals surface area contributed by atoms with Gasteiger partial charge >= 0.3 is 0 Å². The first-order chi connectivity index (χ1) is 5.91. The van der Waals surface area contributed by atoms with E-state index in [-0.39, 0.29) is 10.6 Å². The van der Waals surface area contributed by atoms with Gasteiger partial charge in [-0.05, 0) is 0 Å². The van der Waals surface area contributed by atoms with Crippen molar-refractivity contribution in [1.82, 2.24) is 4.48 Å². The summed E-state index contributed by atoms with van der Waals surface area (Å²) in [6.45, 7) is 0. The van der Waals surface area contributed by atoms with Crippen molar-refractivity contribution in [2.75, 3.05) is 21.1 Å². The van der Waals surface area contributed by atoms with E-state index in [9.17, 15) is 10.1 Å². The molecule has 1 aromatic rings.